The number of likely N-dealkylation sites (N-methyl/N-ethyl adjacent to an activating group) is 1. The second-order valence-electron chi connectivity index (χ2n) is 16.8. The maximum Gasteiger partial charge on any atom is 0.274 e. The predicted molar refractivity (Wildman–Crippen MR) is 256 cm³/mol. The largest absolute Gasteiger partial charge is 0.496 e. The Kier molecular flexibility index (Phi) is 13.9. The molecule has 9 rings (SSSR count). The molecule has 15 nitrogen and oxygen atoms in total. The second-order valence-corrected chi connectivity index (χ2v) is 19.2. The van der Waals surface area contributed by atoms with E-state index in [0.717, 1.165) is 38.3 Å². The lowest BCUT2D eigenvalue weighted by Gasteiger charge is -2.32. The summed E-state index contributed by atoms with van der Waals surface area (Å²) in [7, 11) is -0.296. The topological polar surface area (TPSA) is 163 Å². The number of methoxy groups -OCH3 is 1. The lowest BCUT2D eigenvalue weighted by Crippen LogP contribution is -2.45. The number of carbonyl (C=O) groups excluding carboxylic acids is 1. The minimum Gasteiger partial charge on any atom is -0.496 e. The molecule has 18 heteroatoms. The van der Waals surface area contributed by atoms with Crippen molar-refractivity contribution in [1.29, 1.82) is 0 Å². The fraction of sp³-hybridized carbons (Fsp3) is 0.300. The van der Waals surface area contributed by atoms with Crippen LogP contribution in [0.1, 0.15) is 29.7 Å². The number of sulfonamides is 1. The van der Waals surface area contributed by atoms with E-state index in [1.807, 2.05) is 43.3 Å². The van der Waals surface area contributed by atoms with Crippen LogP contribution in [0.15, 0.2) is 110 Å². The highest BCUT2D eigenvalue weighted by Crippen LogP contribution is 2.45. The first kappa shape index (κ1) is 46.5. The van der Waals surface area contributed by atoms with Crippen LogP contribution >= 0.6 is 11.6 Å². The molecule has 1 aliphatic heterocycles. The van der Waals surface area contributed by atoms with Gasteiger partial charge in [0.1, 0.15) is 48.1 Å². The molecule has 4 aromatic carbocycles. The average molecular weight is 962 g/mol. The van der Waals surface area contributed by atoms with Crippen molar-refractivity contribution in [3.05, 3.63) is 137 Å². The van der Waals surface area contributed by atoms with E-state index in [4.69, 9.17) is 35.5 Å². The van der Waals surface area contributed by atoms with Gasteiger partial charge in [-0.3, -0.25) is 9.69 Å². The molecule has 4 heterocycles. The molecule has 2 fully saturated rings. The van der Waals surface area contributed by atoms with Crippen molar-refractivity contribution in [1.82, 2.24) is 39.1 Å². The van der Waals surface area contributed by atoms with Crippen LogP contribution in [0.5, 0.6) is 23.1 Å². The summed E-state index contributed by atoms with van der Waals surface area (Å²) in [5.41, 5.74) is 5.46. The smallest absolute Gasteiger partial charge is 0.274 e. The maximum absolute atomic E-state index is 14.3. The minimum atomic E-state index is -4.00. The number of nitrogens with one attached hydrogen (secondary N) is 1. The van der Waals surface area contributed by atoms with Gasteiger partial charge in [0.15, 0.2) is 11.9 Å². The summed E-state index contributed by atoms with van der Waals surface area (Å²) in [5.74, 6) is 0.714. The lowest BCUT2D eigenvalue weighted by molar-refractivity contribution is -0.126. The Balaban J connectivity index is 1.05. The molecule has 1 saturated heterocycles. The molecule has 0 radical (unpaired) electrons. The van der Waals surface area contributed by atoms with Gasteiger partial charge in [-0.05, 0) is 91.5 Å². The van der Waals surface area contributed by atoms with Gasteiger partial charge in [-0.25, -0.2) is 32.0 Å². The van der Waals surface area contributed by atoms with Gasteiger partial charge in [0.2, 0.25) is 15.9 Å². The zero-order valence-corrected chi connectivity index (χ0v) is 39.3. The monoisotopic (exact) mass is 960 g/mol. The van der Waals surface area contributed by atoms with E-state index in [-0.39, 0.29) is 18.9 Å². The average Bonchev–Trinajstić information content (AvgIpc) is 4.15. The van der Waals surface area contributed by atoms with Crippen LogP contribution in [0.4, 0.5) is 4.39 Å². The number of fused-ring (bicyclic) bond motifs is 1. The number of piperazine rings is 1. The van der Waals surface area contributed by atoms with Crippen LogP contribution in [0.25, 0.3) is 39.2 Å². The molecule has 352 valence electrons. The fourth-order valence-electron chi connectivity index (χ4n) is 8.18. The zero-order valence-electron chi connectivity index (χ0n) is 37.8. The number of aromatic nitrogens is 5. The van der Waals surface area contributed by atoms with Gasteiger partial charge in [0.25, 0.3) is 5.91 Å². The Morgan fingerprint density at radius 3 is 2.40 bits per heavy atom. The summed E-state index contributed by atoms with van der Waals surface area (Å²) in [5, 5.41) is 4.26. The number of rotatable bonds is 18. The summed E-state index contributed by atoms with van der Waals surface area (Å²) in [6.07, 6.45) is 4.01. The molecule has 0 bridgehead atoms. The van der Waals surface area contributed by atoms with E-state index in [1.54, 1.807) is 66.5 Å². The fourth-order valence-corrected chi connectivity index (χ4v) is 9.74. The first-order valence-electron chi connectivity index (χ1n) is 22.3. The number of ether oxygens (including phenoxy) is 4. The number of amides is 1. The SMILES string of the molecule is COc1ccccc1-c1nccc(COc2ccccc2CC(Oc2ncnn3cc(-c4ccc(F)cc4)c(-c4ccc(OCCN5CCN(C)CC5)c(Cl)c4C)c23)C(=O)NS(=O)(=O)C2CC2)n1. The molecule has 1 N–H and O–H groups in total. The van der Waals surface area contributed by atoms with Gasteiger partial charge in [-0.15, -0.1) is 0 Å². The number of halogens is 2. The number of carbonyl (C=O) groups is 1. The van der Waals surface area contributed by atoms with E-state index >= 15 is 0 Å². The molecular weight excluding hydrogens is 911 g/mol. The second kappa shape index (κ2) is 20.3. The van der Waals surface area contributed by atoms with Crippen molar-refractivity contribution in [3.63, 3.8) is 0 Å². The van der Waals surface area contributed by atoms with Gasteiger partial charge >= 0.3 is 0 Å². The van der Waals surface area contributed by atoms with E-state index in [0.29, 0.717) is 92.1 Å². The maximum atomic E-state index is 14.3. The first-order valence-corrected chi connectivity index (χ1v) is 24.2. The molecule has 1 amide bonds. The quantitative estimate of drug-likeness (QED) is 0.0905. The van der Waals surface area contributed by atoms with E-state index in [2.05, 4.69) is 36.6 Å². The molecule has 1 aliphatic carbocycles. The Bertz CT molecular complexity index is 3050. The Morgan fingerprint density at radius 1 is 0.882 bits per heavy atom. The Hall–Kier alpha value is -6.66. The summed E-state index contributed by atoms with van der Waals surface area (Å²) in [6, 6.07) is 26.0. The standard InChI is InChI=1S/C50H50ClFN8O7S/c1-32-38(18-19-43(46(32)51)65-27-26-59-24-22-58(2)23-25-59)45-40(33-12-14-35(52)15-13-33)29-60-47(45)50(54-31-55-60)67-44(49(61)57-68(62,63)37-16-17-37)28-34-8-4-6-10-41(34)66-30-36-20-21-53-48(56-36)39-9-5-7-11-42(39)64-3/h4-15,18-21,29,31,37,44H,16-17,22-28,30H2,1-3H3,(H,57,61). The molecular formula is C50H50ClFN8O7S. The van der Waals surface area contributed by atoms with E-state index in [1.165, 1.54) is 18.5 Å². The van der Waals surface area contributed by atoms with E-state index < -0.39 is 33.1 Å². The highest BCUT2D eigenvalue weighted by Gasteiger charge is 2.39. The van der Waals surface area contributed by atoms with Crippen molar-refractivity contribution in [2.45, 2.75) is 44.1 Å². The van der Waals surface area contributed by atoms with Gasteiger partial charge in [0.05, 0.1) is 28.6 Å². The molecule has 1 unspecified atom stereocenters. The number of para-hydroxylation sites is 2. The lowest BCUT2D eigenvalue weighted by atomic mass is 9.94. The minimum absolute atomic E-state index is 0.0152. The van der Waals surface area contributed by atoms with Crippen LogP contribution in [0, 0.1) is 12.7 Å². The molecule has 0 spiro atoms. The molecule has 7 aromatic rings. The Morgan fingerprint density at radius 2 is 1.63 bits per heavy atom. The molecule has 1 atom stereocenters. The van der Waals surface area contributed by atoms with Crippen molar-refractivity contribution < 1.29 is 36.6 Å². The van der Waals surface area contributed by atoms with Crippen LogP contribution < -0.4 is 23.7 Å². The Labute approximate surface area is 398 Å². The van der Waals surface area contributed by atoms with Gasteiger partial charge in [-0.1, -0.05) is 60.1 Å². The zero-order chi connectivity index (χ0) is 47.4. The number of hydrogen-bond donors (Lipinski definition) is 1. The van der Waals surface area contributed by atoms with Crippen molar-refractivity contribution in [2.24, 2.45) is 0 Å². The summed E-state index contributed by atoms with van der Waals surface area (Å²) < 4.78 is 69.5. The highest BCUT2D eigenvalue weighted by atomic mass is 35.5. The molecule has 3 aromatic heterocycles. The third-order valence-corrected chi connectivity index (χ3v) is 14.4. The first-order chi connectivity index (χ1) is 32.9. The number of nitrogens with zero attached hydrogens (tertiary/aromatic N) is 7. The van der Waals surface area contributed by atoms with Crippen molar-refractivity contribution in [2.75, 3.05) is 53.5 Å². The van der Waals surface area contributed by atoms with Crippen LogP contribution in [0.2, 0.25) is 5.02 Å². The van der Waals surface area contributed by atoms with Crippen LogP contribution in [-0.2, 0) is 27.8 Å². The highest BCUT2D eigenvalue weighted by molar-refractivity contribution is 7.90. The molecule has 1 saturated carbocycles. The van der Waals surface area contributed by atoms with E-state index in [9.17, 15) is 17.6 Å². The summed E-state index contributed by atoms with van der Waals surface area (Å²) in [4.78, 5) is 32.7. The van der Waals surface area contributed by atoms with Crippen LogP contribution in [-0.4, -0.2) is 114 Å². The molecule has 68 heavy (non-hydrogen) atoms. The van der Waals surface area contributed by atoms with Crippen molar-refractivity contribution >= 4 is 33.0 Å². The number of benzene rings is 4. The predicted octanol–water partition coefficient (Wildman–Crippen LogP) is 7.43. The third kappa shape index (κ3) is 10.4. The molecule has 2 aliphatic rings. The summed E-state index contributed by atoms with van der Waals surface area (Å²) >= 11 is 7.10. The van der Waals surface area contributed by atoms with Gasteiger partial charge in [0, 0.05) is 62.7 Å². The van der Waals surface area contributed by atoms with Crippen LogP contribution in [0.3, 0.4) is 0 Å². The third-order valence-electron chi connectivity index (χ3n) is 12.1. The van der Waals surface area contributed by atoms with Crippen molar-refractivity contribution in [3.8, 4) is 56.8 Å². The summed E-state index contributed by atoms with van der Waals surface area (Å²) in [6.45, 7) is 7.04. The number of hydrogen-bond acceptors (Lipinski definition) is 13. The normalized spacial score (nSPS) is 15.0. The van der Waals surface area contributed by atoms with Gasteiger partial charge < -0.3 is 23.8 Å². The van der Waals surface area contributed by atoms with Gasteiger partial charge in [-0.2, -0.15) is 10.1 Å².